The SMILES string of the molecule is Fc1cccc2c1C(CNC1CCC1)NCC2. The van der Waals surface area contributed by atoms with E-state index in [2.05, 4.69) is 16.7 Å². The van der Waals surface area contributed by atoms with Crippen molar-refractivity contribution in [2.24, 2.45) is 0 Å². The van der Waals surface area contributed by atoms with E-state index in [-0.39, 0.29) is 11.9 Å². The monoisotopic (exact) mass is 234 g/mol. The van der Waals surface area contributed by atoms with Crippen molar-refractivity contribution in [2.75, 3.05) is 13.1 Å². The summed E-state index contributed by atoms with van der Waals surface area (Å²) in [5.41, 5.74) is 2.05. The first-order valence-corrected chi connectivity index (χ1v) is 6.58. The molecule has 1 aliphatic carbocycles. The smallest absolute Gasteiger partial charge is 0.128 e. The second kappa shape index (κ2) is 4.75. The zero-order valence-corrected chi connectivity index (χ0v) is 10.0. The van der Waals surface area contributed by atoms with E-state index in [9.17, 15) is 4.39 Å². The van der Waals surface area contributed by atoms with Gasteiger partial charge in [-0.3, -0.25) is 0 Å². The Hall–Kier alpha value is -0.930. The van der Waals surface area contributed by atoms with E-state index in [4.69, 9.17) is 0 Å². The average molecular weight is 234 g/mol. The summed E-state index contributed by atoms with van der Waals surface area (Å²) < 4.78 is 13.9. The van der Waals surface area contributed by atoms with Crippen LogP contribution in [0, 0.1) is 5.82 Å². The van der Waals surface area contributed by atoms with Crippen LogP contribution in [0.15, 0.2) is 18.2 Å². The number of fused-ring (bicyclic) bond motifs is 1. The number of nitrogens with one attached hydrogen (secondary N) is 2. The van der Waals surface area contributed by atoms with Gasteiger partial charge in [0, 0.05) is 24.2 Å². The fourth-order valence-electron chi connectivity index (χ4n) is 2.74. The summed E-state index contributed by atoms with van der Waals surface area (Å²) in [6, 6.07) is 6.24. The van der Waals surface area contributed by atoms with Gasteiger partial charge in [0.2, 0.25) is 0 Å². The molecule has 3 rings (SSSR count). The molecule has 1 aliphatic heterocycles. The van der Waals surface area contributed by atoms with Gasteiger partial charge in [0.05, 0.1) is 0 Å². The highest BCUT2D eigenvalue weighted by molar-refractivity contribution is 5.34. The molecular formula is C14H19FN2. The molecule has 0 radical (unpaired) electrons. The fraction of sp³-hybridized carbons (Fsp3) is 0.571. The van der Waals surface area contributed by atoms with Gasteiger partial charge in [0.25, 0.3) is 0 Å². The lowest BCUT2D eigenvalue weighted by atomic mass is 9.91. The Morgan fingerprint density at radius 2 is 2.24 bits per heavy atom. The molecule has 0 aromatic heterocycles. The van der Waals surface area contributed by atoms with Crippen LogP contribution in [0.3, 0.4) is 0 Å². The van der Waals surface area contributed by atoms with Crippen molar-refractivity contribution in [3.63, 3.8) is 0 Å². The summed E-state index contributed by atoms with van der Waals surface area (Å²) in [6.07, 6.45) is 4.82. The maximum Gasteiger partial charge on any atom is 0.128 e. The average Bonchev–Trinajstić information content (AvgIpc) is 2.27. The summed E-state index contributed by atoms with van der Waals surface area (Å²) in [4.78, 5) is 0. The van der Waals surface area contributed by atoms with Gasteiger partial charge < -0.3 is 10.6 Å². The second-order valence-electron chi connectivity index (χ2n) is 5.11. The Labute approximate surface area is 102 Å². The third kappa shape index (κ3) is 2.22. The molecule has 1 atom stereocenters. The highest BCUT2D eigenvalue weighted by Crippen LogP contribution is 2.26. The highest BCUT2D eigenvalue weighted by atomic mass is 19.1. The lowest BCUT2D eigenvalue weighted by Gasteiger charge is -2.32. The molecule has 2 nitrogen and oxygen atoms in total. The Morgan fingerprint density at radius 1 is 1.35 bits per heavy atom. The zero-order chi connectivity index (χ0) is 11.7. The standard InChI is InChI=1S/C14H19FN2/c15-12-6-1-3-10-7-8-16-13(14(10)12)9-17-11-4-2-5-11/h1,3,6,11,13,16-17H,2,4-5,7-9H2. The van der Waals surface area contributed by atoms with Gasteiger partial charge >= 0.3 is 0 Å². The summed E-state index contributed by atoms with van der Waals surface area (Å²) in [7, 11) is 0. The maximum absolute atomic E-state index is 13.9. The van der Waals surface area contributed by atoms with Crippen molar-refractivity contribution in [1.29, 1.82) is 0 Å². The predicted octanol–water partition coefficient (Wildman–Crippen LogP) is 2.15. The molecule has 2 N–H and O–H groups in total. The van der Waals surface area contributed by atoms with E-state index < -0.39 is 0 Å². The first kappa shape index (κ1) is 11.2. The van der Waals surface area contributed by atoms with E-state index >= 15 is 0 Å². The zero-order valence-electron chi connectivity index (χ0n) is 10.0. The molecule has 17 heavy (non-hydrogen) atoms. The minimum atomic E-state index is -0.0601. The first-order valence-electron chi connectivity index (χ1n) is 6.58. The second-order valence-corrected chi connectivity index (χ2v) is 5.11. The minimum absolute atomic E-state index is 0.0601. The van der Waals surface area contributed by atoms with Crippen LogP contribution in [0.2, 0.25) is 0 Å². The Bertz CT molecular complexity index is 401. The minimum Gasteiger partial charge on any atom is -0.312 e. The van der Waals surface area contributed by atoms with Crippen molar-refractivity contribution in [3.8, 4) is 0 Å². The third-order valence-electron chi connectivity index (χ3n) is 3.99. The first-order chi connectivity index (χ1) is 8.34. The van der Waals surface area contributed by atoms with E-state index in [0.29, 0.717) is 6.04 Å². The van der Waals surface area contributed by atoms with Crippen LogP contribution in [-0.4, -0.2) is 19.1 Å². The number of hydrogen-bond acceptors (Lipinski definition) is 2. The van der Waals surface area contributed by atoms with Crippen molar-refractivity contribution in [3.05, 3.63) is 35.1 Å². The van der Waals surface area contributed by atoms with Gasteiger partial charge in [-0.25, -0.2) is 4.39 Å². The number of benzene rings is 1. The molecule has 0 saturated heterocycles. The lowest BCUT2D eigenvalue weighted by molar-refractivity contribution is 0.317. The molecule has 1 unspecified atom stereocenters. The highest BCUT2D eigenvalue weighted by Gasteiger charge is 2.24. The van der Waals surface area contributed by atoms with Gasteiger partial charge in [-0.05, 0) is 37.4 Å². The van der Waals surface area contributed by atoms with Crippen LogP contribution in [-0.2, 0) is 6.42 Å². The maximum atomic E-state index is 13.9. The fourth-order valence-corrected chi connectivity index (χ4v) is 2.74. The molecule has 1 heterocycles. The van der Waals surface area contributed by atoms with Crippen LogP contribution in [0.25, 0.3) is 0 Å². The Kier molecular flexibility index (Phi) is 3.12. The summed E-state index contributed by atoms with van der Waals surface area (Å²) >= 11 is 0. The van der Waals surface area contributed by atoms with Crippen molar-refractivity contribution < 1.29 is 4.39 Å². The van der Waals surface area contributed by atoms with Crippen molar-refractivity contribution >= 4 is 0 Å². The van der Waals surface area contributed by atoms with E-state index in [1.54, 1.807) is 6.07 Å². The molecule has 2 aliphatic rings. The van der Waals surface area contributed by atoms with E-state index in [1.807, 2.05) is 6.07 Å². The summed E-state index contributed by atoms with van der Waals surface area (Å²) in [5, 5.41) is 6.94. The van der Waals surface area contributed by atoms with E-state index in [1.165, 1.54) is 24.8 Å². The molecule has 0 spiro atoms. The van der Waals surface area contributed by atoms with Gasteiger partial charge in [-0.2, -0.15) is 0 Å². The van der Waals surface area contributed by atoms with Crippen molar-refractivity contribution in [1.82, 2.24) is 10.6 Å². The quantitative estimate of drug-likeness (QED) is 0.837. The van der Waals surface area contributed by atoms with Crippen LogP contribution < -0.4 is 10.6 Å². The molecule has 92 valence electrons. The molecule has 1 saturated carbocycles. The predicted molar refractivity (Wildman–Crippen MR) is 66.5 cm³/mol. The third-order valence-corrected chi connectivity index (χ3v) is 3.99. The molecule has 3 heteroatoms. The molecule has 0 bridgehead atoms. The lowest BCUT2D eigenvalue weighted by Crippen LogP contribution is -2.43. The van der Waals surface area contributed by atoms with E-state index in [0.717, 1.165) is 25.1 Å². The summed E-state index contributed by atoms with van der Waals surface area (Å²) in [5.74, 6) is -0.0601. The van der Waals surface area contributed by atoms with Gasteiger partial charge in [0.1, 0.15) is 5.82 Å². The number of halogens is 1. The van der Waals surface area contributed by atoms with Crippen molar-refractivity contribution in [2.45, 2.75) is 37.8 Å². The molecule has 1 aromatic carbocycles. The summed E-state index contributed by atoms with van der Waals surface area (Å²) in [6.45, 7) is 1.80. The normalized spacial score (nSPS) is 24.2. The number of rotatable bonds is 3. The van der Waals surface area contributed by atoms with Crippen LogP contribution in [0.1, 0.15) is 36.4 Å². The Balaban J connectivity index is 1.73. The Morgan fingerprint density at radius 3 is 3.00 bits per heavy atom. The van der Waals surface area contributed by atoms with Crippen LogP contribution in [0.5, 0.6) is 0 Å². The number of hydrogen-bond donors (Lipinski definition) is 2. The molecule has 1 aromatic rings. The molecular weight excluding hydrogens is 215 g/mol. The van der Waals surface area contributed by atoms with Gasteiger partial charge in [-0.1, -0.05) is 18.6 Å². The van der Waals surface area contributed by atoms with Gasteiger partial charge in [0.15, 0.2) is 0 Å². The largest absolute Gasteiger partial charge is 0.312 e. The van der Waals surface area contributed by atoms with Crippen LogP contribution >= 0.6 is 0 Å². The van der Waals surface area contributed by atoms with Gasteiger partial charge in [-0.15, -0.1) is 0 Å². The van der Waals surface area contributed by atoms with Crippen LogP contribution in [0.4, 0.5) is 4.39 Å². The topological polar surface area (TPSA) is 24.1 Å². The molecule has 1 fully saturated rings. The molecule has 0 amide bonds.